The van der Waals surface area contributed by atoms with Gasteiger partial charge in [-0.3, -0.25) is 14.6 Å². The summed E-state index contributed by atoms with van der Waals surface area (Å²) in [5.41, 5.74) is 2.99. The Morgan fingerprint density at radius 1 is 1.22 bits per heavy atom. The maximum absolute atomic E-state index is 12.9. The van der Waals surface area contributed by atoms with E-state index in [-0.39, 0.29) is 18.4 Å². The molecule has 1 aliphatic heterocycles. The second-order valence-electron chi connectivity index (χ2n) is 6.78. The molecule has 0 spiro atoms. The minimum atomic E-state index is -0.630. The van der Waals surface area contributed by atoms with Gasteiger partial charge in [0.15, 0.2) is 5.78 Å². The van der Waals surface area contributed by atoms with Crippen molar-refractivity contribution in [2.45, 2.75) is 32.1 Å². The highest BCUT2D eigenvalue weighted by atomic mass is 16.6. The Kier molecular flexibility index (Phi) is 6.06. The fraction of sp³-hybridized carbons (Fsp3) is 0.476. The van der Waals surface area contributed by atoms with Crippen LogP contribution in [0.25, 0.3) is 0 Å². The molecule has 2 aliphatic rings. The first-order valence-electron chi connectivity index (χ1n) is 9.17. The van der Waals surface area contributed by atoms with Gasteiger partial charge in [-0.25, -0.2) is 0 Å². The predicted octanol–water partition coefficient (Wildman–Crippen LogP) is 3.07. The zero-order valence-electron chi connectivity index (χ0n) is 16.0. The average molecular weight is 371 g/mol. The van der Waals surface area contributed by atoms with Crippen LogP contribution in [-0.2, 0) is 19.1 Å². The average Bonchev–Trinajstić information content (AvgIpc) is 2.67. The summed E-state index contributed by atoms with van der Waals surface area (Å²) in [4.78, 5) is 30.3. The lowest BCUT2D eigenvalue weighted by Crippen LogP contribution is -2.37. The summed E-state index contributed by atoms with van der Waals surface area (Å²) in [6, 6.07) is 7.52. The molecule has 0 bridgehead atoms. The summed E-state index contributed by atoms with van der Waals surface area (Å²) < 4.78 is 15.7. The lowest BCUT2D eigenvalue weighted by atomic mass is 9.72. The summed E-state index contributed by atoms with van der Waals surface area (Å²) >= 11 is 0. The van der Waals surface area contributed by atoms with Crippen LogP contribution in [0.5, 0.6) is 5.75 Å². The third-order valence-corrected chi connectivity index (χ3v) is 5.07. The van der Waals surface area contributed by atoms with Crippen LogP contribution in [0.4, 0.5) is 0 Å². The molecule has 0 fully saturated rings. The van der Waals surface area contributed by atoms with Crippen LogP contribution >= 0.6 is 0 Å². The van der Waals surface area contributed by atoms with Crippen molar-refractivity contribution in [3.05, 3.63) is 41.1 Å². The molecule has 0 radical (unpaired) electrons. The lowest BCUT2D eigenvalue weighted by Gasteiger charge is -2.34. The van der Waals surface area contributed by atoms with E-state index in [1.54, 1.807) is 14.2 Å². The minimum absolute atomic E-state index is 0.0648. The molecule has 6 heteroatoms. The van der Waals surface area contributed by atoms with Crippen molar-refractivity contribution in [1.82, 2.24) is 0 Å². The molecule has 0 saturated heterocycles. The molecule has 0 saturated carbocycles. The number of methoxy groups -OCH3 is 2. The summed E-state index contributed by atoms with van der Waals surface area (Å²) in [7, 11) is 3.15. The van der Waals surface area contributed by atoms with Crippen LogP contribution in [0.15, 0.2) is 40.5 Å². The van der Waals surface area contributed by atoms with Crippen molar-refractivity contribution in [2.75, 3.05) is 27.4 Å². The number of nitrogens with zero attached hydrogens (tertiary/aromatic N) is 1. The van der Waals surface area contributed by atoms with Gasteiger partial charge in [-0.2, -0.15) is 0 Å². The predicted molar refractivity (Wildman–Crippen MR) is 101 cm³/mol. The number of hydrogen-bond donors (Lipinski definition) is 0. The molecule has 27 heavy (non-hydrogen) atoms. The monoisotopic (exact) mass is 371 g/mol. The van der Waals surface area contributed by atoms with E-state index in [1.165, 1.54) is 0 Å². The Labute approximate surface area is 159 Å². The molecule has 6 nitrogen and oxygen atoms in total. The Bertz CT molecular complexity index is 796. The van der Waals surface area contributed by atoms with Gasteiger partial charge in [-0.1, -0.05) is 12.1 Å². The normalized spacial score (nSPS) is 22.2. The zero-order chi connectivity index (χ0) is 19.4. The smallest absolute Gasteiger partial charge is 0.315 e. The number of ketones is 1. The van der Waals surface area contributed by atoms with E-state index >= 15 is 0 Å². The number of carbonyl (C=O) groups excluding carboxylic acids is 2. The van der Waals surface area contributed by atoms with E-state index in [1.807, 2.05) is 31.2 Å². The molecule has 0 amide bonds. The summed E-state index contributed by atoms with van der Waals surface area (Å²) in [5.74, 6) is -0.671. The first-order valence-corrected chi connectivity index (χ1v) is 9.17. The summed E-state index contributed by atoms with van der Waals surface area (Å²) in [6.45, 7) is 2.33. The number of allylic oxidation sites excluding steroid dienone is 2. The number of esters is 1. The number of aliphatic imine (C=N–C) groups is 1. The third kappa shape index (κ3) is 3.95. The molecule has 2 atom stereocenters. The molecular formula is C21H25NO5. The van der Waals surface area contributed by atoms with Gasteiger partial charge in [-0.05, 0) is 37.5 Å². The van der Waals surface area contributed by atoms with E-state index in [2.05, 4.69) is 4.99 Å². The Morgan fingerprint density at radius 2 is 2.04 bits per heavy atom. The number of benzene rings is 1. The van der Waals surface area contributed by atoms with Crippen molar-refractivity contribution in [3.8, 4) is 5.75 Å². The second kappa shape index (κ2) is 8.48. The van der Waals surface area contributed by atoms with Gasteiger partial charge >= 0.3 is 5.97 Å². The van der Waals surface area contributed by atoms with Crippen LogP contribution in [-0.4, -0.2) is 44.9 Å². The van der Waals surface area contributed by atoms with E-state index in [9.17, 15) is 9.59 Å². The lowest BCUT2D eigenvalue weighted by molar-refractivity contribution is -0.147. The number of carbonyl (C=O) groups is 2. The molecule has 1 unspecified atom stereocenters. The highest BCUT2D eigenvalue weighted by Crippen LogP contribution is 2.44. The molecular weight excluding hydrogens is 346 g/mol. The van der Waals surface area contributed by atoms with Gasteiger partial charge in [0.1, 0.15) is 18.3 Å². The molecule has 144 valence electrons. The number of Topliss-reactive ketones (excluding diaryl/α,β-unsaturated/α-hetero) is 1. The van der Waals surface area contributed by atoms with E-state index in [0.29, 0.717) is 30.1 Å². The number of ether oxygens (including phenoxy) is 3. The zero-order valence-corrected chi connectivity index (χ0v) is 16.0. The topological polar surface area (TPSA) is 74.2 Å². The Hall–Kier alpha value is -2.47. The van der Waals surface area contributed by atoms with Crippen molar-refractivity contribution in [3.63, 3.8) is 0 Å². The quantitative estimate of drug-likeness (QED) is 0.567. The largest absolute Gasteiger partial charge is 0.497 e. The summed E-state index contributed by atoms with van der Waals surface area (Å²) in [6.07, 6.45) is 2.03. The molecule has 1 aliphatic carbocycles. The van der Waals surface area contributed by atoms with Gasteiger partial charge in [0.25, 0.3) is 0 Å². The molecule has 1 heterocycles. The van der Waals surface area contributed by atoms with Crippen molar-refractivity contribution in [2.24, 2.45) is 10.9 Å². The standard InChI is InChI=1S/C21H25NO5/c1-13-18(21(24)27-11-10-25-2)19(14-6-4-7-15(12-14)26-3)20-16(22-13)8-5-9-17(20)23/h4,6-7,12,18-19H,5,8-11H2,1-3H3/t18?,19-/m0/s1. The van der Waals surface area contributed by atoms with Crippen LogP contribution in [0.2, 0.25) is 0 Å². The van der Waals surface area contributed by atoms with E-state index in [0.717, 1.165) is 24.1 Å². The SMILES string of the molecule is COCCOC(=O)C1C(C)=NC2=C(C(=O)CCC2)[C@H]1c1cccc(OC)c1. The number of hydrogen-bond acceptors (Lipinski definition) is 6. The molecule has 0 aromatic heterocycles. The van der Waals surface area contributed by atoms with Crippen molar-refractivity contribution < 1.29 is 23.8 Å². The Morgan fingerprint density at radius 3 is 2.78 bits per heavy atom. The van der Waals surface area contributed by atoms with Crippen molar-refractivity contribution in [1.29, 1.82) is 0 Å². The fourth-order valence-electron chi connectivity index (χ4n) is 3.82. The van der Waals surface area contributed by atoms with Gasteiger partial charge in [0.05, 0.1) is 13.7 Å². The fourth-order valence-corrected chi connectivity index (χ4v) is 3.82. The summed E-state index contributed by atoms with van der Waals surface area (Å²) in [5, 5.41) is 0. The van der Waals surface area contributed by atoms with E-state index < -0.39 is 11.8 Å². The van der Waals surface area contributed by atoms with E-state index in [4.69, 9.17) is 14.2 Å². The maximum atomic E-state index is 12.9. The highest BCUT2D eigenvalue weighted by molar-refractivity contribution is 6.08. The Balaban J connectivity index is 2.05. The minimum Gasteiger partial charge on any atom is -0.497 e. The van der Waals surface area contributed by atoms with Gasteiger partial charge in [-0.15, -0.1) is 0 Å². The van der Waals surface area contributed by atoms with Crippen molar-refractivity contribution >= 4 is 17.5 Å². The van der Waals surface area contributed by atoms with Gasteiger partial charge in [0.2, 0.25) is 0 Å². The highest BCUT2D eigenvalue weighted by Gasteiger charge is 2.43. The third-order valence-electron chi connectivity index (χ3n) is 5.07. The van der Waals surface area contributed by atoms with Crippen LogP contribution in [0.3, 0.4) is 0 Å². The molecule has 3 rings (SSSR count). The van der Waals surface area contributed by atoms with Gasteiger partial charge < -0.3 is 14.2 Å². The van der Waals surface area contributed by atoms with Crippen LogP contribution in [0.1, 0.15) is 37.7 Å². The second-order valence-corrected chi connectivity index (χ2v) is 6.78. The number of rotatable bonds is 6. The molecule has 1 aromatic carbocycles. The first kappa shape index (κ1) is 19.3. The first-order chi connectivity index (χ1) is 13.1. The van der Waals surface area contributed by atoms with Gasteiger partial charge in [0, 0.05) is 36.4 Å². The maximum Gasteiger partial charge on any atom is 0.315 e. The molecule has 0 N–H and O–H groups in total. The van der Waals surface area contributed by atoms with Crippen LogP contribution < -0.4 is 4.74 Å². The van der Waals surface area contributed by atoms with Crippen LogP contribution in [0, 0.1) is 5.92 Å². The molecule has 1 aromatic rings.